The summed E-state index contributed by atoms with van der Waals surface area (Å²) in [5.74, 6) is 1.77. The van der Waals surface area contributed by atoms with Crippen LogP contribution in [0.25, 0.3) is 61.8 Å². The molecule has 2 aliphatic rings. The van der Waals surface area contributed by atoms with Crippen LogP contribution in [0.15, 0.2) is 89.5 Å². The molecule has 9 rings (SSSR count). The van der Waals surface area contributed by atoms with Crippen LogP contribution in [0.1, 0.15) is 81.6 Å². The van der Waals surface area contributed by atoms with Gasteiger partial charge in [-0.2, -0.15) is 0 Å². The van der Waals surface area contributed by atoms with E-state index in [9.17, 15) is 0 Å². The third-order valence-electron chi connectivity index (χ3n) is 9.13. The molecule has 0 amide bonds. The first-order chi connectivity index (χ1) is 25.3. The van der Waals surface area contributed by atoms with E-state index in [0.717, 1.165) is 34.8 Å². The summed E-state index contributed by atoms with van der Waals surface area (Å²) < 4.78 is 48.1. The Balaban J connectivity index is 0.000000168. The van der Waals surface area contributed by atoms with Crippen LogP contribution < -0.4 is 0 Å². The summed E-state index contributed by atoms with van der Waals surface area (Å²) in [5, 5.41) is 1.48. The molecule has 0 spiro atoms. The zero-order valence-electron chi connectivity index (χ0n) is 32.8. The smallest absolute Gasteiger partial charge is 0.216 e. The summed E-state index contributed by atoms with van der Waals surface area (Å²) in [6.07, 6.45) is 10.0. The molecule has 1 aliphatic carbocycles. The Hall–Kier alpha value is -4.38. The van der Waals surface area contributed by atoms with Gasteiger partial charge in [0.15, 0.2) is 0 Å². The van der Waals surface area contributed by atoms with Crippen molar-refractivity contribution in [2.75, 3.05) is 0 Å². The van der Waals surface area contributed by atoms with Crippen LogP contribution in [0.4, 0.5) is 0 Å². The topological polar surface area (TPSA) is 56.7 Å². The molecule has 0 unspecified atom stereocenters. The molecule has 1 saturated carbocycles. The molecule has 1 aliphatic heterocycles. The Morgan fingerprint density at radius 1 is 0.980 bits per heavy atom. The molecule has 1 fully saturated rings. The molecule has 0 N–H and O–H groups in total. The molecule has 4 aromatic heterocycles. The fourth-order valence-electron chi connectivity index (χ4n) is 7.12. The van der Waals surface area contributed by atoms with Gasteiger partial charge in [0.2, 0.25) is 5.71 Å². The summed E-state index contributed by atoms with van der Waals surface area (Å²) in [6.45, 7) is 4.14. The second-order valence-corrected chi connectivity index (χ2v) is 13.7. The Kier molecular flexibility index (Phi) is 7.56. The number of aromatic nitrogens is 4. The number of allylic oxidation sites excluding steroid dienone is 1. The summed E-state index contributed by atoms with van der Waals surface area (Å²) in [7, 11) is 0. The molecular formula is C43H40IrN4O-2. The quantitative estimate of drug-likeness (QED) is 0.166. The molecule has 3 aromatic carbocycles. The number of nitrogens with zero attached hydrogens (tertiary/aromatic N) is 4. The first-order valence-electron chi connectivity index (χ1n) is 19.2. The van der Waals surface area contributed by atoms with Crippen molar-refractivity contribution in [2.45, 2.75) is 72.1 Å². The van der Waals surface area contributed by atoms with E-state index >= 15 is 0 Å². The van der Waals surface area contributed by atoms with Gasteiger partial charge in [0.05, 0.1) is 22.4 Å². The maximum Gasteiger partial charge on any atom is 0.216 e. The van der Waals surface area contributed by atoms with Gasteiger partial charge in [0.25, 0.3) is 0 Å². The molecule has 7 aromatic rings. The number of aryl methyl sites for hydroxylation is 1. The third-order valence-corrected chi connectivity index (χ3v) is 9.13. The number of benzene rings is 3. The Morgan fingerprint density at radius 2 is 1.86 bits per heavy atom. The monoisotopic (exact) mass is 826 g/mol. The fourth-order valence-corrected chi connectivity index (χ4v) is 7.12. The molecule has 49 heavy (non-hydrogen) atoms. The van der Waals surface area contributed by atoms with Crippen LogP contribution in [-0.2, 0) is 33.0 Å². The van der Waals surface area contributed by atoms with Crippen molar-refractivity contribution in [3.63, 3.8) is 0 Å². The minimum absolute atomic E-state index is 0. The average molecular weight is 826 g/mol. The SMILES string of the molecule is [2H]C([2H])([2H])c1ccc2c(n1)oc1c(-c3cc(C([2H])([2H])C(C)(C)C)ccn3)[c-]ccc12.[Ir].[c-]1ccccc1-c1nc2ccc(C3CCCC3)c3c2n1CC=C3. The van der Waals surface area contributed by atoms with Crippen LogP contribution in [0.2, 0.25) is 0 Å². The van der Waals surface area contributed by atoms with Gasteiger partial charge in [-0.15, -0.1) is 54.1 Å². The fraction of sp³-hybridized carbons (Fsp3) is 0.279. The Morgan fingerprint density at radius 3 is 2.65 bits per heavy atom. The molecule has 5 nitrogen and oxygen atoms in total. The van der Waals surface area contributed by atoms with Gasteiger partial charge >= 0.3 is 0 Å². The first-order valence-corrected chi connectivity index (χ1v) is 16.7. The largest absolute Gasteiger partial charge is 0.486 e. The van der Waals surface area contributed by atoms with Gasteiger partial charge in [-0.25, -0.2) is 4.98 Å². The van der Waals surface area contributed by atoms with E-state index in [1.807, 2.05) is 39.0 Å². The van der Waals surface area contributed by atoms with Crippen LogP contribution in [-0.4, -0.2) is 19.5 Å². The first kappa shape index (κ1) is 27.4. The summed E-state index contributed by atoms with van der Waals surface area (Å²) in [6, 6.07) is 29.3. The molecule has 249 valence electrons. The molecule has 0 bridgehead atoms. The number of hydrogen-bond donors (Lipinski definition) is 0. The van der Waals surface area contributed by atoms with Crippen molar-refractivity contribution >= 4 is 39.2 Å². The zero-order valence-corrected chi connectivity index (χ0v) is 30.2. The average Bonchev–Trinajstić information content (AvgIpc) is 3.90. The van der Waals surface area contributed by atoms with Crippen molar-refractivity contribution in [3.05, 3.63) is 120 Å². The van der Waals surface area contributed by atoms with Crippen LogP contribution >= 0.6 is 0 Å². The van der Waals surface area contributed by atoms with E-state index in [-0.39, 0.29) is 31.5 Å². The second kappa shape index (κ2) is 13.5. The van der Waals surface area contributed by atoms with E-state index in [1.165, 1.54) is 48.4 Å². The molecule has 6 heteroatoms. The molecule has 0 saturated heterocycles. The second-order valence-electron chi connectivity index (χ2n) is 13.7. The molecule has 5 heterocycles. The number of fused-ring (bicyclic) bond motifs is 3. The van der Waals surface area contributed by atoms with Crippen LogP contribution in [0.5, 0.6) is 0 Å². The minimum atomic E-state index is -2.32. The number of furan rings is 1. The molecule has 1 radical (unpaired) electrons. The number of rotatable bonds is 4. The summed E-state index contributed by atoms with van der Waals surface area (Å²) in [4.78, 5) is 13.5. The van der Waals surface area contributed by atoms with Crippen molar-refractivity contribution in [2.24, 2.45) is 5.41 Å². The van der Waals surface area contributed by atoms with Gasteiger partial charge in [0, 0.05) is 56.3 Å². The van der Waals surface area contributed by atoms with Crippen molar-refractivity contribution in [1.29, 1.82) is 0 Å². The van der Waals surface area contributed by atoms with E-state index in [0.29, 0.717) is 27.8 Å². The third kappa shape index (κ3) is 6.52. The Labute approximate surface area is 308 Å². The molecule has 0 atom stereocenters. The predicted octanol–water partition coefficient (Wildman–Crippen LogP) is 10.9. The van der Waals surface area contributed by atoms with Crippen LogP contribution in [0.3, 0.4) is 0 Å². The molecular weight excluding hydrogens is 781 g/mol. The zero-order chi connectivity index (χ0) is 37.1. The maximum atomic E-state index is 8.55. The number of hydrogen-bond acceptors (Lipinski definition) is 4. The van der Waals surface area contributed by atoms with Crippen molar-refractivity contribution in [1.82, 2.24) is 19.5 Å². The standard InChI is InChI=1S/C22H21N2O.C21H19N2.Ir/c1-14-8-9-17-16-6-5-7-18(20(16)25-21(17)24-14)19-12-15(10-11-23-19)13-22(2,3)4;1-2-9-16(10-3-1)21-22-19-13-12-17(15-7-4-5-8-15)18-11-6-14-23(21)20(18)19;/h5-6,8-12H,13H2,1-4H3;1-3,6,9,11-13,15H,4-5,7-8,14H2;/q2*-1;/i1D3,13D2;;. The summed E-state index contributed by atoms with van der Waals surface area (Å²) >= 11 is 0. The predicted molar refractivity (Wildman–Crippen MR) is 196 cm³/mol. The van der Waals surface area contributed by atoms with Gasteiger partial charge in [-0.1, -0.05) is 74.4 Å². The van der Waals surface area contributed by atoms with E-state index < -0.39 is 18.6 Å². The van der Waals surface area contributed by atoms with Crippen LogP contribution in [0, 0.1) is 24.4 Å². The van der Waals surface area contributed by atoms with E-state index in [1.54, 1.807) is 30.5 Å². The summed E-state index contributed by atoms with van der Waals surface area (Å²) in [5.41, 5.74) is 8.14. The number of pyridine rings is 2. The van der Waals surface area contributed by atoms with Gasteiger partial charge in [-0.3, -0.25) is 4.98 Å². The van der Waals surface area contributed by atoms with Crippen molar-refractivity contribution in [3.8, 4) is 22.6 Å². The number of imidazole rings is 1. The van der Waals surface area contributed by atoms with Gasteiger partial charge in [0.1, 0.15) is 0 Å². The minimum Gasteiger partial charge on any atom is -0.486 e. The van der Waals surface area contributed by atoms with E-state index in [4.69, 9.17) is 16.3 Å². The maximum absolute atomic E-state index is 8.55. The van der Waals surface area contributed by atoms with Crippen molar-refractivity contribution < 1.29 is 31.4 Å². The van der Waals surface area contributed by atoms with Gasteiger partial charge < -0.3 is 14.0 Å². The normalized spacial score (nSPS) is 16.3. The van der Waals surface area contributed by atoms with E-state index in [2.05, 4.69) is 63.1 Å². The van der Waals surface area contributed by atoms with Gasteiger partial charge in [-0.05, 0) is 72.9 Å². The Bertz CT molecular complexity index is 2510.